The highest BCUT2D eigenvalue weighted by Gasteiger charge is 2.40. The first-order valence-electron chi connectivity index (χ1n) is 9.34. The molecule has 6 heteroatoms. The number of nitrogens with two attached hydrogens (primary N) is 1. The first-order valence-corrected chi connectivity index (χ1v) is 9.34. The van der Waals surface area contributed by atoms with E-state index in [4.69, 9.17) is 15.7 Å². The van der Waals surface area contributed by atoms with E-state index >= 15 is 0 Å². The highest BCUT2D eigenvalue weighted by Crippen LogP contribution is 2.39. The van der Waals surface area contributed by atoms with E-state index in [0.717, 1.165) is 5.56 Å². The predicted molar refractivity (Wildman–Crippen MR) is 111 cm³/mol. The van der Waals surface area contributed by atoms with Crippen molar-refractivity contribution in [2.24, 2.45) is 0 Å². The summed E-state index contributed by atoms with van der Waals surface area (Å²) in [5, 5.41) is 9.11. The highest BCUT2D eigenvalue weighted by atomic mass is 16.5. The van der Waals surface area contributed by atoms with Crippen molar-refractivity contribution >= 4 is 22.9 Å². The Hall–Kier alpha value is -4.37. The van der Waals surface area contributed by atoms with Crippen molar-refractivity contribution < 1.29 is 14.3 Å². The van der Waals surface area contributed by atoms with Gasteiger partial charge in [0.05, 0.1) is 23.7 Å². The summed E-state index contributed by atoms with van der Waals surface area (Å²) < 4.78 is 6.01. The van der Waals surface area contributed by atoms with E-state index in [-0.39, 0.29) is 34.1 Å². The summed E-state index contributed by atoms with van der Waals surface area (Å²) in [6.45, 7) is 0.331. The van der Waals surface area contributed by atoms with Gasteiger partial charge in [0.25, 0.3) is 0 Å². The van der Waals surface area contributed by atoms with Gasteiger partial charge in [-0.15, -0.1) is 0 Å². The number of nitrogens with zero attached hydrogens (tertiary/aromatic N) is 2. The van der Waals surface area contributed by atoms with Gasteiger partial charge in [0, 0.05) is 22.5 Å². The van der Waals surface area contributed by atoms with Gasteiger partial charge < -0.3 is 15.4 Å². The molecular weight excluding hydrogens is 378 g/mol. The molecule has 2 N–H and O–H groups in total. The Kier molecular flexibility index (Phi) is 3.90. The summed E-state index contributed by atoms with van der Waals surface area (Å²) in [6.07, 6.45) is 0. The molecule has 5 rings (SSSR count). The summed E-state index contributed by atoms with van der Waals surface area (Å²) in [7, 11) is 0. The minimum Gasteiger partial charge on any atom is -0.450 e. The molecule has 30 heavy (non-hydrogen) atoms. The molecule has 0 atom stereocenters. The lowest BCUT2D eigenvalue weighted by atomic mass is 9.89. The van der Waals surface area contributed by atoms with Gasteiger partial charge in [-0.1, -0.05) is 30.3 Å². The molecule has 0 unspecified atom stereocenters. The molecule has 0 spiro atoms. The van der Waals surface area contributed by atoms with Crippen molar-refractivity contribution in [2.45, 2.75) is 6.54 Å². The van der Waals surface area contributed by atoms with Crippen LogP contribution in [0.15, 0.2) is 78.2 Å². The Morgan fingerprint density at radius 3 is 2.47 bits per heavy atom. The van der Waals surface area contributed by atoms with Crippen LogP contribution in [0.4, 0.5) is 11.4 Å². The third-order valence-electron chi connectivity index (χ3n) is 5.30. The molecule has 0 fully saturated rings. The number of ether oxygens (including phenoxy) is 1. The molecule has 1 heterocycles. The second-order valence-electron chi connectivity index (χ2n) is 7.06. The van der Waals surface area contributed by atoms with Crippen LogP contribution in [-0.2, 0) is 6.54 Å². The molecule has 0 bridgehead atoms. The molecule has 2 aliphatic rings. The second kappa shape index (κ2) is 6.61. The van der Waals surface area contributed by atoms with Gasteiger partial charge in [-0.2, -0.15) is 5.26 Å². The van der Waals surface area contributed by atoms with Crippen molar-refractivity contribution in [2.75, 3.05) is 10.6 Å². The van der Waals surface area contributed by atoms with Crippen LogP contribution in [0.1, 0.15) is 31.8 Å². The number of anilines is 2. The number of ketones is 2. The van der Waals surface area contributed by atoms with E-state index in [1.807, 2.05) is 18.2 Å². The lowest BCUT2D eigenvalue weighted by Gasteiger charge is -2.29. The van der Waals surface area contributed by atoms with E-state index in [0.29, 0.717) is 23.5 Å². The first-order chi connectivity index (χ1) is 14.6. The van der Waals surface area contributed by atoms with Crippen LogP contribution >= 0.6 is 0 Å². The molecule has 144 valence electrons. The van der Waals surface area contributed by atoms with Crippen LogP contribution < -0.4 is 15.4 Å². The zero-order chi connectivity index (χ0) is 20.8. The molecule has 0 amide bonds. The molecule has 0 saturated heterocycles. The summed E-state index contributed by atoms with van der Waals surface area (Å²) in [4.78, 5) is 28.7. The number of allylic oxidation sites excluding steroid dienone is 2. The Morgan fingerprint density at radius 1 is 0.933 bits per heavy atom. The summed E-state index contributed by atoms with van der Waals surface area (Å²) >= 11 is 0. The van der Waals surface area contributed by atoms with Crippen molar-refractivity contribution in [3.8, 4) is 11.8 Å². The van der Waals surface area contributed by atoms with Crippen molar-refractivity contribution in [1.29, 1.82) is 5.26 Å². The number of benzene rings is 3. The Morgan fingerprint density at radius 2 is 1.70 bits per heavy atom. The Balaban J connectivity index is 1.75. The summed E-state index contributed by atoms with van der Waals surface area (Å²) in [5.74, 6) is -0.280. The average Bonchev–Trinajstić information content (AvgIpc) is 2.95. The molecule has 3 aromatic carbocycles. The van der Waals surface area contributed by atoms with Gasteiger partial charge in [0.1, 0.15) is 11.4 Å². The fraction of sp³-hybridized carbons (Fsp3) is 0.0417. The molecule has 6 nitrogen and oxygen atoms in total. The van der Waals surface area contributed by atoms with Crippen LogP contribution in [0.5, 0.6) is 5.75 Å². The number of nitriles is 1. The molecule has 0 saturated carbocycles. The molecule has 1 aliphatic heterocycles. The van der Waals surface area contributed by atoms with Gasteiger partial charge in [0.2, 0.25) is 17.3 Å². The third kappa shape index (κ3) is 2.57. The molecule has 1 aliphatic carbocycles. The number of rotatable bonds is 1. The van der Waals surface area contributed by atoms with Crippen molar-refractivity contribution in [3.63, 3.8) is 0 Å². The van der Waals surface area contributed by atoms with Crippen LogP contribution in [0.3, 0.4) is 0 Å². The quantitative estimate of drug-likeness (QED) is 0.631. The number of Topliss-reactive ketones (excluding diaryl/α,β-unsaturated/α-hetero) is 2. The minimum absolute atomic E-state index is 0.0419. The average molecular weight is 393 g/mol. The zero-order valence-electron chi connectivity index (χ0n) is 15.8. The van der Waals surface area contributed by atoms with Crippen LogP contribution in [-0.4, -0.2) is 11.6 Å². The minimum atomic E-state index is -0.423. The summed E-state index contributed by atoms with van der Waals surface area (Å²) in [5.41, 5.74) is 8.87. The number of carbonyl (C=O) groups is 2. The molecule has 0 aromatic heterocycles. The number of para-hydroxylation sites is 1. The standard InChI is InChI=1S/C24H15N3O3/c25-12-14-8-10-16(11-9-14)27-13-15-4-1-2-7-19(15)30-24-21(27)22(28)17-5-3-6-18(26)20(17)23(24)29/h1-11H,13,26H2. The fourth-order valence-corrected chi connectivity index (χ4v) is 3.83. The Bertz CT molecular complexity index is 1300. The highest BCUT2D eigenvalue weighted by molar-refractivity contribution is 6.29. The topological polar surface area (TPSA) is 96.4 Å². The van der Waals surface area contributed by atoms with Crippen molar-refractivity contribution in [3.05, 3.63) is 100 Å². The fourth-order valence-electron chi connectivity index (χ4n) is 3.83. The Labute approximate surface area is 172 Å². The lowest BCUT2D eigenvalue weighted by Crippen LogP contribution is -2.34. The van der Waals surface area contributed by atoms with E-state index in [1.165, 1.54) is 0 Å². The van der Waals surface area contributed by atoms with Gasteiger partial charge in [-0.25, -0.2) is 0 Å². The normalized spacial score (nSPS) is 14.8. The van der Waals surface area contributed by atoms with E-state index in [2.05, 4.69) is 6.07 Å². The maximum absolute atomic E-state index is 13.5. The van der Waals surface area contributed by atoms with Crippen molar-refractivity contribution in [1.82, 2.24) is 0 Å². The van der Waals surface area contributed by atoms with Crippen LogP contribution in [0.25, 0.3) is 0 Å². The van der Waals surface area contributed by atoms with E-state index < -0.39 is 5.78 Å². The number of fused-ring (bicyclic) bond motifs is 2. The largest absolute Gasteiger partial charge is 0.450 e. The SMILES string of the molecule is N#Cc1ccc(N2Cc3ccccc3OC3=C2C(=O)c2cccc(N)c2C3=O)cc1. The zero-order valence-corrected chi connectivity index (χ0v) is 15.8. The number of nitrogen functional groups attached to an aromatic ring is 1. The number of hydrogen-bond donors (Lipinski definition) is 1. The van der Waals surface area contributed by atoms with Gasteiger partial charge in [0.15, 0.2) is 0 Å². The number of carbonyl (C=O) groups excluding carboxylic acids is 2. The molecule has 0 radical (unpaired) electrons. The van der Waals surface area contributed by atoms with Crippen LogP contribution in [0.2, 0.25) is 0 Å². The first kappa shape index (κ1) is 17.7. The summed E-state index contributed by atoms with van der Waals surface area (Å²) in [6, 6.07) is 21.1. The van der Waals surface area contributed by atoms with Gasteiger partial charge in [-0.3, -0.25) is 9.59 Å². The maximum Gasteiger partial charge on any atom is 0.233 e. The maximum atomic E-state index is 13.5. The molecular formula is C24H15N3O3. The molecule has 3 aromatic rings. The van der Waals surface area contributed by atoms with E-state index in [9.17, 15) is 9.59 Å². The van der Waals surface area contributed by atoms with Crippen LogP contribution in [0, 0.1) is 11.3 Å². The predicted octanol–water partition coefficient (Wildman–Crippen LogP) is 3.83. The smallest absolute Gasteiger partial charge is 0.233 e. The number of hydrogen-bond acceptors (Lipinski definition) is 6. The second-order valence-corrected chi connectivity index (χ2v) is 7.06. The van der Waals surface area contributed by atoms with Gasteiger partial charge in [-0.05, 0) is 36.4 Å². The van der Waals surface area contributed by atoms with E-state index in [1.54, 1.807) is 53.4 Å². The lowest BCUT2D eigenvalue weighted by molar-refractivity contribution is 0.0936. The monoisotopic (exact) mass is 393 g/mol. The van der Waals surface area contributed by atoms with Gasteiger partial charge >= 0.3 is 0 Å². The third-order valence-corrected chi connectivity index (χ3v) is 5.30.